The Kier molecular flexibility index (Phi) is 3.05. The Bertz CT molecular complexity index is 650. The van der Waals surface area contributed by atoms with E-state index in [1.807, 2.05) is 0 Å². The van der Waals surface area contributed by atoms with Crippen LogP contribution >= 0.6 is 0 Å². The van der Waals surface area contributed by atoms with E-state index in [0.29, 0.717) is 6.04 Å². The van der Waals surface area contributed by atoms with Gasteiger partial charge < -0.3 is 10.6 Å². The lowest BCUT2D eigenvalue weighted by molar-refractivity contribution is 0.651. The van der Waals surface area contributed by atoms with E-state index in [1.165, 1.54) is 35.1 Å². The Morgan fingerprint density at radius 1 is 1.20 bits per heavy atom. The van der Waals surface area contributed by atoms with Gasteiger partial charge in [0.1, 0.15) is 0 Å². The van der Waals surface area contributed by atoms with Crippen LogP contribution in [0.4, 0.5) is 0 Å². The SMILES string of the molecule is C1=C(c2[nH]nc3c([C@@H]4CCCN4)cccc23)CNCC1. The molecule has 1 aromatic carbocycles. The van der Waals surface area contributed by atoms with Gasteiger partial charge in [-0.15, -0.1) is 0 Å². The number of rotatable bonds is 2. The van der Waals surface area contributed by atoms with Gasteiger partial charge in [0.2, 0.25) is 0 Å². The molecule has 4 nitrogen and oxygen atoms in total. The van der Waals surface area contributed by atoms with Crippen molar-refractivity contribution in [3.8, 4) is 0 Å². The first-order valence-electron chi connectivity index (χ1n) is 7.54. The average molecular weight is 268 g/mol. The van der Waals surface area contributed by atoms with Crippen molar-refractivity contribution >= 4 is 16.5 Å². The first-order chi connectivity index (χ1) is 9.93. The van der Waals surface area contributed by atoms with Gasteiger partial charge in [0.05, 0.1) is 11.2 Å². The van der Waals surface area contributed by atoms with E-state index in [1.54, 1.807) is 0 Å². The maximum absolute atomic E-state index is 4.60. The Morgan fingerprint density at radius 2 is 2.20 bits per heavy atom. The highest BCUT2D eigenvalue weighted by molar-refractivity contribution is 5.92. The first-order valence-corrected chi connectivity index (χ1v) is 7.54. The highest BCUT2D eigenvalue weighted by Crippen LogP contribution is 2.31. The summed E-state index contributed by atoms with van der Waals surface area (Å²) in [5.41, 5.74) is 5.00. The van der Waals surface area contributed by atoms with Gasteiger partial charge in [0, 0.05) is 18.0 Å². The number of nitrogens with one attached hydrogen (secondary N) is 3. The van der Waals surface area contributed by atoms with Crippen molar-refractivity contribution in [1.82, 2.24) is 20.8 Å². The fourth-order valence-electron chi connectivity index (χ4n) is 3.37. The molecule has 0 radical (unpaired) electrons. The summed E-state index contributed by atoms with van der Waals surface area (Å²) in [7, 11) is 0. The summed E-state index contributed by atoms with van der Waals surface area (Å²) in [5, 5.41) is 16.1. The number of benzene rings is 1. The third-order valence-electron chi connectivity index (χ3n) is 4.40. The van der Waals surface area contributed by atoms with Gasteiger partial charge in [-0.05, 0) is 43.5 Å². The smallest absolute Gasteiger partial charge is 0.0975 e. The van der Waals surface area contributed by atoms with Crippen LogP contribution in [0.3, 0.4) is 0 Å². The molecule has 1 fully saturated rings. The molecule has 20 heavy (non-hydrogen) atoms. The summed E-state index contributed by atoms with van der Waals surface area (Å²) in [6.07, 6.45) is 5.89. The van der Waals surface area contributed by atoms with E-state index in [0.717, 1.165) is 31.6 Å². The quantitative estimate of drug-likeness (QED) is 0.783. The molecule has 0 spiro atoms. The van der Waals surface area contributed by atoms with Crippen LogP contribution in [-0.2, 0) is 0 Å². The summed E-state index contributed by atoms with van der Waals surface area (Å²) < 4.78 is 0. The standard InChI is InChI=1S/C16H20N4/c1-5-12(14-7-3-9-18-14)16-13(6-1)15(19-20-16)11-4-2-8-17-10-11/h1,4-6,14,17-18H,2-3,7-10H2,(H,19,20)/t14-/m0/s1. The maximum Gasteiger partial charge on any atom is 0.0975 e. The molecular weight excluding hydrogens is 248 g/mol. The van der Waals surface area contributed by atoms with Crippen molar-refractivity contribution in [2.45, 2.75) is 25.3 Å². The van der Waals surface area contributed by atoms with Crippen LogP contribution in [0, 0.1) is 0 Å². The molecule has 0 bridgehead atoms. The lowest BCUT2D eigenvalue weighted by atomic mass is 9.99. The van der Waals surface area contributed by atoms with E-state index in [2.05, 4.69) is 45.1 Å². The van der Waals surface area contributed by atoms with E-state index < -0.39 is 0 Å². The Labute approximate surface area is 118 Å². The lowest BCUT2D eigenvalue weighted by Gasteiger charge is -2.14. The zero-order chi connectivity index (χ0) is 13.4. The summed E-state index contributed by atoms with van der Waals surface area (Å²) in [5.74, 6) is 0. The van der Waals surface area contributed by atoms with Crippen LogP contribution in [0.25, 0.3) is 16.5 Å². The molecule has 0 amide bonds. The second-order valence-corrected chi connectivity index (χ2v) is 5.69. The number of fused-ring (bicyclic) bond motifs is 1. The van der Waals surface area contributed by atoms with Crippen LogP contribution < -0.4 is 10.6 Å². The molecule has 3 N–H and O–H groups in total. The predicted molar refractivity (Wildman–Crippen MR) is 81.5 cm³/mol. The van der Waals surface area contributed by atoms with E-state index in [9.17, 15) is 0 Å². The van der Waals surface area contributed by atoms with Crippen LogP contribution in [0.5, 0.6) is 0 Å². The van der Waals surface area contributed by atoms with Gasteiger partial charge in [-0.25, -0.2) is 0 Å². The second-order valence-electron chi connectivity index (χ2n) is 5.69. The maximum atomic E-state index is 4.60. The molecule has 0 unspecified atom stereocenters. The third-order valence-corrected chi connectivity index (χ3v) is 4.40. The fraction of sp³-hybridized carbons (Fsp3) is 0.438. The molecule has 3 heterocycles. The van der Waals surface area contributed by atoms with Crippen LogP contribution in [0.15, 0.2) is 24.3 Å². The number of H-pyrrole nitrogens is 1. The predicted octanol–water partition coefficient (Wildman–Crippen LogP) is 2.36. The zero-order valence-electron chi connectivity index (χ0n) is 11.6. The van der Waals surface area contributed by atoms with Crippen molar-refractivity contribution in [2.24, 2.45) is 0 Å². The molecule has 2 aliphatic rings. The fourth-order valence-corrected chi connectivity index (χ4v) is 3.37. The Balaban J connectivity index is 1.81. The molecule has 4 rings (SSSR count). The Hall–Kier alpha value is -1.65. The highest BCUT2D eigenvalue weighted by atomic mass is 15.1. The van der Waals surface area contributed by atoms with E-state index in [4.69, 9.17) is 0 Å². The third kappa shape index (κ3) is 1.96. The molecule has 1 aromatic heterocycles. The largest absolute Gasteiger partial charge is 0.312 e. The molecule has 2 aromatic rings. The molecule has 0 aliphatic carbocycles. The monoisotopic (exact) mass is 268 g/mol. The summed E-state index contributed by atoms with van der Waals surface area (Å²) in [6, 6.07) is 7.02. The van der Waals surface area contributed by atoms with Gasteiger partial charge >= 0.3 is 0 Å². The minimum absolute atomic E-state index is 0.466. The van der Waals surface area contributed by atoms with E-state index >= 15 is 0 Å². The second kappa shape index (κ2) is 5.04. The molecular formula is C16H20N4. The minimum Gasteiger partial charge on any atom is -0.312 e. The number of aromatic amines is 1. The van der Waals surface area contributed by atoms with Gasteiger partial charge in [0.15, 0.2) is 0 Å². The molecule has 2 aliphatic heterocycles. The van der Waals surface area contributed by atoms with Crippen molar-refractivity contribution in [1.29, 1.82) is 0 Å². The van der Waals surface area contributed by atoms with Crippen molar-refractivity contribution in [3.63, 3.8) is 0 Å². The summed E-state index contributed by atoms with van der Waals surface area (Å²) in [4.78, 5) is 0. The summed E-state index contributed by atoms with van der Waals surface area (Å²) >= 11 is 0. The van der Waals surface area contributed by atoms with Crippen LogP contribution in [-0.4, -0.2) is 29.8 Å². The molecule has 1 saturated heterocycles. The van der Waals surface area contributed by atoms with E-state index in [-0.39, 0.29) is 0 Å². The first kappa shape index (κ1) is 12.1. The molecule has 104 valence electrons. The number of hydrogen-bond donors (Lipinski definition) is 3. The average Bonchev–Trinajstić information content (AvgIpc) is 3.17. The van der Waals surface area contributed by atoms with Crippen molar-refractivity contribution < 1.29 is 0 Å². The molecule has 0 saturated carbocycles. The molecule has 4 heteroatoms. The van der Waals surface area contributed by atoms with Crippen LogP contribution in [0.1, 0.15) is 36.6 Å². The van der Waals surface area contributed by atoms with Crippen molar-refractivity contribution in [3.05, 3.63) is 35.5 Å². The highest BCUT2D eigenvalue weighted by Gasteiger charge is 2.21. The van der Waals surface area contributed by atoms with Gasteiger partial charge in [-0.3, -0.25) is 5.10 Å². The number of aromatic nitrogens is 2. The lowest BCUT2D eigenvalue weighted by Crippen LogP contribution is -2.21. The number of hydrogen-bond acceptors (Lipinski definition) is 3. The number of para-hydroxylation sites is 1. The minimum atomic E-state index is 0.466. The zero-order valence-corrected chi connectivity index (χ0v) is 11.6. The summed E-state index contributed by atoms with van der Waals surface area (Å²) in [6.45, 7) is 3.13. The van der Waals surface area contributed by atoms with Gasteiger partial charge in [-0.2, -0.15) is 5.10 Å². The Morgan fingerprint density at radius 3 is 3.00 bits per heavy atom. The van der Waals surface area contributed by atoms with Gasteiger partial charge in [0.25, 0.3) is 0 Å². The van der Waals surface area contributed by atoms with Gasteiger partial charge in [-0.1, -0.05) is 24.3 Å². The topological polar surface area (TPSA) is 52.7 Å². The molecule has 1 atom stereocenters. The number of nitrogens with zero attached hydrogens (tertiary/aromatic N) is 1. The van der Waals surface area contributed by atoms with Crippen LogP contribution in [0.2, 0.25) is 0 Å². The van der Waals surface area contributed by atoms with Crippen molar-refractivity contribution in [2.75, 3.05) is 19.6 Å². The normalized spacial score (nSPS) is 23.2.